The van der Waals surface area contributed by atoms with Crippen LogP contribution in [0.3, 0.4) is 0 Å². The van der Waals surface area contributed by atoms with Gasteiger partial charge in [-0.2, -0.15) is 0 Å². The van der Waals surface area contributed by atoms with Gasteiger partial charge in [0.25, 0.3) is 5.91 Å². The SMILES string of the molecule is CC1CCCC1NC(=O)c1ccc(=O)[nH]c1. The van der Waals surface area contributed by atoms with Gasteiger partial charge in [-0.15, -0.1) is 0 Å². The minimum atomic E-state index is -0.189. The van der Waals surface area contributed by atoms with Gasteiger partial charge >= 0.3 is 0 Å². The predicted molar refractivity (Wildman–Crippen MR) is 61.3 cm³/mol. The first kappa shape index (κ1) is 10.9. The number of nitrogens with one attached hydrogen (secondary N) is 2. The number of H-pyrrole nitrogens is 1. The number of pyridine rings is 1. The molecule has 1 fully saturated rings. The van der Waals surface area contributed by atoms with E-state index in [-0.39, 0.29) is 17.5 Å². The maximum atomic E-state index is 11.8. The normalized spacial score (nSPS) is 24.3. The fraction of sp³-hybridized carbons (Fsp3) is 0.500. The molecule has 1 heterocycles. The standard InChI is InChI=1S/C12H16N2O2/c1-8-3-2-4-10(8)14-12(16)9-5-6-11(15)13-7-9/h5-8,10H,2-4H2,1H3,(H,13,15)(H,14,16). The van der Waals surface area contributed by atoms with E-state index in [4.69, 9.17) is 0 Å². The smallest absolute Gasteiger partial charge is 0.252 e. The molecule has 86 valence electrons. The molecule has 1 aromatic heterocycles. The van der Waals surface area contributed by atoms with Crippen molar-refractivity contribution in [3.05, 3.63) is 34.2 Å². The van der Waals surface area contributed by atoms with E-state index in [1.807, 2.05) is 0 Å². The summed E-state index contributed by atoms with van der Waals surface area (Å²) in [5, 5.41) is 3.00. The molecule has 1 amide bonds. The molecule has 2 rings (SSSR count). The average Bonchev–Trinajstić information content (AvgIpc) is 2.65. The van der Waals surface area contributed by atoms with Crippen molar-refractivity contribution in [1.29, 1.82) is 0 Å². The Morgan fingerprint density at radius 2 is 2.25 bits per heavy atom. The molecule has 1 aromatic rings. The van der Waals surface area contributed by atoms with Crippen LogP contribution in [0.1, 0.15) is 36.5 Å². The summed E-state index contributed by atoms with van der Waals surface area (Å²) >= 11 is 0. The van der Waals surface area contributed by atoms with Crippen LogP contribution in [-0.2, 0) is 0 Å². The molecule has 2 N–H and O–H groups in total. The summed E-state index contributed by atoms with van der Waals surface area (Å²) in [5.74, 6) is 0.446. The van der Waals surface area contributed by atoms with E-state index in [0.29, 0.717) is 11.5 Å². The van der Waals surface area contributed by atoms with Crippen LogP contribution in [0.15, 0.2) is 23.1 Å². The Kier molecular flexibility index (Phi) is 3.08. The fourth-order valence-electron chi connectivity index (χ4n) is 2.16. The molecule has 0 aliphatic heterocycles. The summed E-state index contributed by atoms with van der Waals surface area (Å²) in [6, 6.07) is 3.19. The molecule has 0 spiro atoms. The number of amides is 1. The maximum absolute atomic E-state index is 11.8. The minimum Gasteiger partial charge on any atom is -0.349 e. The topological polar surface area (TPSA) is 62.0 Å². The highest BCUT2D eigenvalue weighted by atomic mass is 16.2. The molecule has 0 aromatic carbocycles. The summed E-state index contributed by atoms with van der Waals surface area (Å²) < 4.78 is 0. The molecule has 0 bridgehead atoms. The maximum Gasteiger partial charge on any atom is 0.252 e. The molecule has 0 saturated heterocycles. The van der Waals surface area contributed by atoms with Crippen LogP contribution < -0.4 is 10.9 Å². The quantitative estimate of drug-likeness (QED) is 0.789. The Hall–Kier alpha value is -1.58. The first-order chi connectivity index (χ1) is 7.66. The average molecular weight is 220 g/mol. The Bertz CT molecular complexity index is 418. The van der Waals surface area contributed by atoms with Gasteiger partial charge in [-0.1, -0.05) is 13.3 Å². The fourth-order valence-corrected chi connectivity index (χ4v) is 2.16. The second-order valence-corrected chi connectivity index (χ2v) is 4.43. The van der Waals surface area contributed by atoms with Crippen molar-refractivity contribution in [2.75, 3.05) is 0 Å². The first-order valence-electron chi connectivity index (χ1n) is 5.66. The van der Waals surface area contributed by atoms with Gasteiger partial charge < -0.3 is 10.3 Å². The van der Waals surface area contributed by atoms with E-state index in [0.717, 1.165) is 6.42 Å². The zero-order chi connectivity index (χ0) is 11.5. The molecular weight excluding hydrogens is 204 g/mol. The molecule has 1 aliphatic carbocycles. The number of aromatic amines is 1. The highest BCUT2D eigenvalue weighted by Crippen LogP contribution is 2.24. The lowest BCUT2D eigenvalue weighted by Gasteiger charge is -2.16. The first-order valence-corrected chi connectivity index (χ1v) is 5.66. The lowest BCUT2D eigenvalue weighted by molar-refractivity contribution is 0.0929. The van der Waals surface area contributed by atoms with Gasteiger partial charge in [-0.05, 0) is 24.8 Å². The molecule has 0 radical (unpaired) electrons. The number of carbonyl (C=O) groups excluding carboxylic acids is 1. The van der Waals surface area contributed by atoms with Crippen LogP contribution in [0.2, 0.25) is 0 Å². The van der Waals surface area contributed by atoms with Crippen molar-refractivity contribution in [2.24, 2.45) is 5.92 Å². The van der Waals surface area contributed by atoms with Crippen molar-refractivity contribution in [1.82, 2.24) is 10.3 Å². The number of rotatable bonds is 2. The van der Waals surface area contributed by atoms with E-state index in [1.54, 1.807) is 6.07 Å². The van der Waals surface area contributed by atoms with Crippen LogP contribution in [0.4, 0.5) is 0 Å². The number of aromatic nitrogens is 1. The molecule has 4 nitrogen and oxygen atoms in total. The second kappa shape index (κ2) is 4.51. The lowest BCUT2D eigenvalue weighted by atomic mass is 10.1. The van der Waals surface area contributed by atoms with Crippen molar-refractivity contribution in [3.63, 3.8) is 0 Å². The van der Waals surface area contributed by atoms with E-state index in [1.165, 1.54) is 25.1 Å². The van der Waals surface area contributed by atoms with Crippen molar-refractivity contribution < 1.29 is 4.79 Å². The van der Waals surface area contributed by atoms with E-state index >= 15 is 0 Å². The zero-order valence-corrected chi connectivity index (χ0v) is 9.32. The Morgan fingerprint density at radius 3 is 2.81 bits per heavy atom. The number of carbonyl (C=O) groups is 1. The van der Waals surface area contributed by atoms with Crippen molar-refractivity contribution >= 4 is 5.91 Å². The lowest BCUT2D eigenvalue weighted by Crippen LogP contribution is -2.36. The van der Waals surface area contributed by atoms with Gasteiger partial charge in [-0.25, -0.2) is 0 Å². The summed E-state index contributed by atoms with van der Waals surface area (Å²) in [5.41, 5.74) is 0.324. The molecular formula is C12H16N2O2. The molecule has 2 unspecified atom stereocenters. The Labute approximate surface area is 94.1 Å². The molecule has 1 aliphatic rings. The monoisotopic (exact) mass is 220 g/mol. The van der Waals surface area contributed by atoms with Crippen molar-refractivity contribution in [2.45, 2.75) is 32.2 Å². The van der Waals surface area contributed by atoms with Crippen LogP contribution in [0.25, 0.3) is 0 Å². The second-order valence-electron chi connectivity index (χ2n) is 4.43. The third kappa shape index (κ3) is 2.32. The van der Waals surface area contributed by atoms with E-state index in [9.17, 15) is 9.59 Å². The summed E-state index contributed by atoms with van der Waals surface area (Å²) in [6.45, 7) is 2.16. The summed E-state index contributed by atoms with van der Waals surface area (Å²) in [7, 11) is 0. The van der Waals surface area contributed by atoms with Crippen LogP contribution in [-0.4, -0.2) is 16.9 Å². The summed E-state index contributed by atoms with van der Waals surface area (Å²) in [6.07, 6.45) is 4.86. The van der Waals surface area contributed by atoms with Gasteiger partial charge in [0.15, 0.2) is 0 Å². The molecule has 16 heavy (non-hydrogen) atoms. The van der Waals surface area contributed by atoms with Gasteiger partial charge in [0.05, 0.1) is 5.56 Å². The van der Waals surface area contributed by atoms with Crippen LogP contribution >= 0.6 is 0 Å². The van der Waals surface area contributed by atoms with Gasteiger partial charge in [-0.3, -0.25) is 9.59 Å². The third-order valence-corrected chi connectivity index (χ3v) is 3.22. The third-order valence-electron chi connectivity index (χ3n) is 3.22. The van der Waals surface area contributed by atoms with Crippen LogP contribution in [0, 0.1) is 5.92 Å². The zero-order valence-electron chi connectivity index (χ0n) is 9.32. The Balaban J connectivity index is 2.02. The summed E-state index contributed by atoms with van der Waals surface area (Å²) in [4.78, 5) is 25.2. The van der Waals surface area contributed by atoms with Gasteiger partial charge in [0, 0.05) is 18.3 Å². The number of hydrogen-bond donors (Lipinski definition) is 2. The largest absolute Gasteiger partial charge is 0.349 e. The van der Waals surface area contributed by atoms with Crippen LogP contribution in [0.5, 0.6) is 0 Å². The van der Waals surface area contributed by atoms with Gasteiger partial charge in [0.1, 0.15) is 0 Å². The van der Waals surface area contributed by atoms with Crippen molar-refractivity contribution in [3.8, 4) is 0 Å². The minimum absolute atomic E-state index is 0.102. The highest BCUT2D eigenvalue weighted by molar-refractivity contribution is 5.94. The Morgan fingerprint density at radius 1 is 1.44 bits per heavy atom. The molecule has 1 saturated carbocycles. The van der Waals surface area contributed by atoms with E-state index < -0.39 is 0 Å². The predicted octanol–water partition coefficient (Wildman–Crippen LogP) is 1.29. The number of hydrogen-bond acceptors (Lipinski definition) is 2. The van der Waals surface area contributed by atoms with E-state index in [2.05, 4.69) is 17.2 Å². The molecule has 2 atom stereocenters. The molecule has 4 heteroatoms. The highest BCUT2D eigenvalue weighted by Gasteiger charge is 2.24. The van der Waals surface area contributed by atoms with Gasteiger partial charge in [0.2, 0.25) is 5.56 Å².